The lowest BCUT2D eigenvalue weighted by Gasteiger charge is -2.12. The zero-order valence-corrected chi connectivity index (χ0v) is 93.5. The monoisotopic (exact) mass is 1960 g/mol. The lowest BCUT2D eigenvalue weighted by atomic mass is 9.93. The van der Waals surface area contributed by atoms with Gasteiger partial charge in [0.05, 0.1) is 0 Å². The third kappa shape index (κ3) is 29.5. The quantitative estimate of drug-likeness (QED) is 0.0474. The number of aryl methyl sites for hydroxylation is 8. The van der Waals surface area contributed by atoms with Crippen LogP contribution in [0, 0.1) is 125 Å². The molecule has 0 fully saturated rings. The molecule has 0 bridgehead atoms. The Labute approximate surface area is 902 Å². The fraction of sp³-hybridized carbons (Fsp3) is 0.200. The zero-order chi connectivity index (χ0) is 107. The summed E-state index contributed by atoms with van der Waals surface area (Å²) in [5.41, 5.74) is 63.3. The van der Waals surface area contributed by atoms with Crippen LogP contribution in [0.5, 0.6) is 0 Å². The van der Waals surface area contributed by atoms with Crippen molar-refractivity contribution in [2.24, 2.45) is 0 Å². The summed E-state index contributed by atoms with van der Waals surface area (Å²) in [6, 6.07) is 133. The summed E-state index contributed by atoms with van der Waals surface area (Å²) in [4.78, 5) is 0. The standard InChI is InChI=1S/2C26H28.2C25H26.2C24H24/c2*1-5-6-7-8-22-10-12-23(13-11-22)24-14-16-25(17-15-24)26-18-9-19(2)20(3)21(26)4;2*1-5-6-7-21-9-11-22(12-10-21)23-13-15-24(16-14-23)25-17-8-18(2)19(3)20(25)4;2*1-5-6-20-8-10-21(11-9-20)22-12-14-23(15-13-22)24-16-7-17(2)18(3)19(24)4/h2*7-18H,5-6H2,1-4H3;2*5,8-17H,1,6-7H2,2-4H3;2*5-16H,1-4H3/b2*8-7+;;;2*6-5+. The van der Waals surface area contributed by atoms with E-state index in [1.54, 1.807) is 0 Å². The highest BCUT2D eigenvalue weighted by Crippen LogP contribution is 2.39. The van der Waals surface area contributed by atoms with Crippen LogP contribution in [0.25, 0.3) is 158 Å². The predicted molar refractivity (Wildman–Crippen MR) is 663 cm³/mol. The molecule has 0 radical (unpaired) electrons. The minimum absolute atomic E-state index is 1.03. The summed E-state index contributed by atoms with van der Waals surface area (Å²) in [5.74, 6) is 0. The van der Waals surface area contributed by atoms with Crippen LogP contribution in [0.3, 0.4) is 0 Å². The predicted octanol–water partition coefficient (Wildman–Crippen LogP) is 43.6. The summed E-state index contributed by atoms with van der Waals surface area (Å²) in [6.07, 6.45) is 30.1. The Morgan fingerprint density at radius 3 is 0.460 bits per heavy atom. The van der Waals surface area contributed by atoms with E-state index in [1.807, 2.05) is 26.0 Å². The van der Waals surface area contributed by atoms with E-state index in [-0.39, 0.29) is 0 Å². The highest BCUT2D eigenvalue weighted by molar-refractivity contribution is 5.82. The van der Waals surface area contributed by atoms with Crippen molar-refractivity contribution in [1.29, 1.82) is 0 Å². The van der Waals surface area contributed by atoms with Crippen LogP contribution in [-0.2, 0) is 12.8 Å². The molecule has 0 N–H and O–H groups in total. The maximum atomic E-state index is 3.79. The highest BCUT2D eigenvalue weighted by atomic mass is 14.2. The molecule has 0 aromatic heterocycles. The van der Waals surface area contributed by atoms with Gasteiger partial charge in [-0.15, -0.1) is 13.2 Å². The molecular weight excluding hydrogens is 1800 g/mol. The van der Waals surface area contributed by atoms with Crippen molar-refractivity contribution in [2.45, 2.75) is 204 Å². The topological polar surface area (TPSA) is 0 Å². The van der Waals surface area contributed by atoms with E-state index in [2.05, 4.69) is 564 Å². The summed E-state index contributed by atoms with van der Waals surface area (Å²) >= 11 is 0. The van der Waals surface area contributed by atoms with Crippen LogP contribution in [0.4, 0.5) is 0 Å². The maximum absolute atomic E-state index is 3.79. The van der Waals surface area contributed by atoms with Gasteiger partial charge in [0.25, 0.3) is 0 Å². The minimum Gasteiger partial charge on any atom is -0.103 e. The first-order chi connectivity index (χ1) is 72.6. The van der Waals surface area contributed by atoms with Crippen molar-refractivity contribution in [3.63, 3.8) is 0 Å². The van der Waals surface area contributed by atoms with Gasteiger partial charge in [-0.2, -0.15) is 0 Å². The van der Waals surface area contributed by atoms with E-state index in [4.69, 9.17) is 0 Å². The first kappa shape index (κ1) is 112. The molecule has 0 aliphatic heterocycles. The Bertz CT molecular complexity index is 7170. The molecular formula is C150H156. The van der Waals surface area contributed by atoms with E-state index < -0.39 is 0 Å². The van der Waals surface area contributed by atoms with E-state index in [0.717, 1.165) is 38.5 Å². The van der Waals surface area contributed by atoms with Crippen molar-refractivity contribution < 1.29 is 0 Å². The second kappa shape index (κ2) is 54.9. The van der Waals surface area contributed by atoms with E-state index in [0.29, 0.717) is 0 Å². The van der Waals surface area contributed by atoms with Crippen LogP contribution in [0.15, 0.2) is 414 Å². The van der Waals surface area contributed by atoms with Crippen LogP contribution in [0.1, 0.15) is 200 Å². The number of rotatable bonds is 26. The fourth-order valence-corrected chi connectivity index (χ4v) is 19.2. The number of unbranched alkanes of at least 4 members (excludes halogenated alkanes) is 2. The number of allylic oxidation sites excluding steroid dienone is 6. The lowest BCUT2D eigenvalue weighted by molar-refractivity contribution is 0.962. The van der Waals surface area contributed by atoms with Crippen LogP contribution >= 0.6 is 0 Å². The first-order valence-electron chi connectivity index (χ1n) is 54.0. The Morgan fingerprint density at radius 2 is 0.307 bits per heavy atom. The second-order valence-electron chi connectivity index (χ2n) is 40.5. The molecule has 0 heteroatoms. The molecule has 0 amide bonds. The molecule has 0 spiro atoms. The highest BCUT2D eigenvalue weighted by Gasteiger charge is 2.16. The molecule has 0 atom stereocenters. The molecule has 0 aliphatic rings. The smallest absolute Gasteiger partial charge is 0.0152 e. The average molecular weight is 1960 g/mol. The van der Waals surface area contributed by atoms with Gasteiger partial charge in [0.1, 0.15) is 0 Å². The number of hydrogen-bond donors (Lipinski definition) is 0. The average Bonchev–Trinajstić information content (AvgIpc) is 0.823. The summed E-state index contributed by atoms with van der Waals surface area (Å²) in [6.45, 7) is 55.7. The van der Waals surface area contributed by atoms with Crippen LogP contribution in [-0.4, -0.2) is 0 Å². The van der Waals surface area contributed by atoms with Gasteiger partial charge in [0, 0.05) is 0 Å². The molecule has 0 nitrogen and oxygen atoms in total. The normalized spacial score (nSPS) is 11.0. The van der Waals surface area contributed by atoms with E-state index >= 15 is 0 Å². The van der Waals surface area contributed by atoms with Crippen molar-refractivity contribution in [3.05, 3.63) is 547 Å². The zero-order valence-electron chi connectivity index (χ0n) is 93.5. The lowest BCUT2D eigenvalue weighted by Crippen LogP contribution is -1.91. The molecule has 0 saturated heterocycles. The van der Waals surface area contributed by atoms with Gasteiger partial charge in [0.2, 0.25) is 0 Å². The largest absolute Gasteiger partial charge is 0.103 e. The fourth-order valence-electron chi connectivity index (χ4n) is 19.2. The maximum Gasteiger partial charge on any atom is -0.0152 e. The van der Waals surface area contributed by atoms with Gasteiger partial charge in [-0.25, -0.2) is 0 Å². The van der Waals surface area contributed by atoms with Gasteiger partial charge < -0.3 is 0 Å². The minimum atomic E-state index is 1.03. The van der Waals surface area contributed by atoms with Crippen molar-refractivity contribution >= 4 is 24.3 Å². The SMILES string of the molecule is C/C=C/c1ccc(-c2ccc(-c3ccc(C)c(C)c3C)cc2)cc1.C/C=C/c1ccc(-c2ccc(-c3ccc(C)c(C)c3C)cc2)cc1.C=CCCc1ccc(-c2ccc(-c3ccc(C)c(C)c3C)cc2)cc1.C=CCCc1ccc(-c2ccc(-c3ccc(C)c(C)c3C)cc2)cc1.CCC/C=C/c1ccc(-c2ccc(-c3ccc(C)c(C)c3C)cc2)cc1.CCC/C=C/c1ccc(-c2ccc(-c3ccc(C)c(C)c3C)cc2)cc1. The van der Waals surface area contributed by atoms with Crippen LogP contribution in [0.2, 0.25) is 0 Å². The summed E-state index contributed by atoms with van der Waals surface area (Å²) in [5, 5.41) is 0. The third-order valence-corrected chi connectivity index (χ3v) is 30.6. The van der Waals surface area contributed by atoms with Crippen LogP contribution < -0.4 is 0 Å². The van der Waals surface area contributed by atoms with Crippen molar-refractivity contribution in [1.82, 2.24) is 0 Å². The summed E-state index contributed by atoms with van der Waals surface area (Å²) in [7, 11) is 0. The first-order valence-corrected chi connectivity index (χ1v) is 54.0. The van der Waals surface area contributed by atoms with Gasteiger partial charge >= 0.3 is 0 Å². The van der Waals surface area contributed by atoms with Crippen molar-refractivity contribution in [3.8, 4) is 134 Å². The Balaban J connectivity index is 0.000000150. The van der Waals surface area contributed by atoms with Gasteiger partial charge in [-0.05, 0) is 444 Å². The Kier molecular flexibility index (Phi) is 40.8. The number of hydrogen-bond acceptors (Lipinski definition) is 0. The molecule has 0 heterocycles. The van der Waals surface area contributed by atoms with Gasteiger partial charge in [0.15, 0.2) is 0 Å². The van der Waals surface area contributed by atoms with Crippen molar-refractivity contribution in [2.75, 3.05) is 0 Å². The Hall–Kier alpha value is -15.6. The second-order valence-corrected chi connectivity index (χ2v) is 40.5. The Morgan fingerprint density at radius 1 is 0.160 bits per heavy atom. The molecule has 0 unspecified atom stereocenters. The molecule has 0 aliphatic carbocycles. The van der Waals surface area contributed by atoms with Gasteiger partial charge in [-0.3, -0.25) is 0 Å². The molecule has 18 rings (SSSR count). The molecule has 18 aromatic carbocycles. The van der Waals surface area contributed by atoms with E-state index in [1.165, 1.54) is 280 Å². The van der Waals surface area contributed by atoms with Gasteiger partial charge in [-0.1, -0.05) is 451 Å². The molecule has 18 aromatic rings. The molecule has 756 valence electrons. The number of benzene rings is 18. The molecule has 0 saturated carbocycles. The molecule has 150 heavy (non-hydrogen) atoms. The van der Waals surface area contributed by atoms with E-state index in [9.17, 15) is 0 Å². The summed E-state index contributed by atoms with van der Waals surface area (Å²) < 4.78 is 0. The third-order valence-electron chi connectivity index (χ3n) is 30.6.